The van der Waals surface area contributed by atoms with Crippen molar-refractivity contribution in [3.05, 3.63) is 34.4 Å². The lowest BCUT2D eigenvalue weighted by molar-refractivity contribution is -0.139. The monoisotopic (exact) mass is 324 g/mol. The molecular weight excluding hydrogens is 300 g/mol. The maximum absolute atomic E-state index is 12.9. The average molecular weight is 324 g/mol. The second-order valence-corrected chi connectivity index (χ2v) is 7.23. The van der Waals surface area contributed by atoms with E-state index in [0.717, 1.165) is 35.1 Å². The number of Topliss-reactive ketones (excluding diaryl/α,β-unsaturated/α-hetero) is 2. The smallest absolute Gasteiger partial charge is 0.148 e. The summed E-state index contributed by atoms with van der Waals surface area (Å²) in [4.78, 5) is 25.8. The van der Waals surface area contributed by atoms with Crippen LogP contribution in [0, 0.1) is 31.1 Å². The van der Waals surface area contributed by atoms with E-state index in [-0.39, 0.29) is 17.0 Å². The van der Waals surface area contributed by atoms with E-state index >= 15 is 0 Å². The van der Waals surface area contributed by atoms with E-state index in [0.29, 0.717) is 26.1 Å². The third kappa shape index (κ3) is 3.03. The minimum Gasteiger partial charge on any atom is -0.381 e. The van der Waals surface area contributed by atoms with Gasteiger partial charge in [0.25, 0.3) is 0 Å². The molecule has 0 atom stereocenters. The average Bonchev–Trinajstić information content (AvgIpc) is 2.50. The number of ketones is 2. The van der Waals surface area contributed by atoms with Crippen molar-refractivity contribution in [3.8, 4) is 11.8 Å². The lowest BCUT2D eigenvalue weighted by Gasteiger charge is -2.41. The van der Waals surface area contributed by atoms with Crippen LogP contribution in [0.5, 0.6) is 0 Å². The summed E-state index contributed by atoms with van der Waals surface area (Å²) < 4.78 is 5.42. The number of hydrogen-bond donors (Lipinski definition) is 0. The maximum atomic E-state index is 12.9. The molecule has 3 rings (SSSR count). The quantitative estimate of drug-likeness (QED) is 0.587. The van der Waals surface area contributed by atoms with Crippen molar-refractivity contribution < 1.29 is 14.3 Å². The third-order valence-corrected chi connectivity index (χ3v) is 5.45. The van der Waals surface area contributed by atoms with Gasteiger partial charge in [0.05, 0.1) is 0 Å². The van der Waals surface area contributed by atoms with Gasteiger partial charge < -0.3 is 4.74 Å². The highest BCUT2D eigenvalue weighted by Crippen LogP contribution is 2.46. The molecular formula is C21H24O3. The minimum atomic E-state index is -0.595. The van der Waals surface area contributed by atoms with Gasteiger partial charge in [0.1, 0.15) is 17.5 Å². The van der Waals surface area contributed by atoms with Crippen LogP contribution < -0.4 is 0 Å². The van der Waals surface area contributed by atoms with Gasteiger partial charge in [-0.25, -0.2) is 0 Å². The highest BCUT2D eigenvalue weighted by Gasteiger charge is 2.46. The van der Waals surface area contributed by atoms with Crippen LogP contribution in [0.1, 0.15) is 60.8 Å². The van der Waals surface area contributed by atoms with E-state index < -0.39 is 5.92 Å². The summed E-state index contributed by atoms with van der Waals surface area (Å²) in [6, 6.07) is 3.97. The number of carbonyl (C=O) groups excluding carboxylic acids is 2. The van der Waals surface area contributed by atoms with Gasteiger partial charge >= 0.3 is 0 Å². The SMILES string of the molecule is CC#Cc1cc(C)c(C2C(=O)CC3(CCOCC3)CC2=O)c(C)c1. The highest BCUT2D eigenvalue weighted by molar-refractivity contribution is 6.10. The molecule has 2 fully saturated rings. The van der Waals surface area contributed by atoms with Gasteiger partial charge in [-0.05, 0) is 67.9 Å². The second kappa shape index (κ2) is 6.53. The van der Waals surface area contributed by atoms with Crippen molar-refractivity contribution in [2.24, 2.45) is 5.41 Å². The number of ether oxygens (including phenoxy) is 1. The first-order chi connectivity index (χ1) is 11.5. The molecule has 1 aromatic rings. The van der Waals surface area contributed by atoms with Gasteiger partial charge in [-0.15, -0.1) is 5.92 Å². The van der Waals surface area contributed by atoms with Crippen molar-refractivity contribution in [1.82, 2.24) is 0 Å². The van der Waals surface area contributed by atoms with Gasteiger partial charge in [0.15, 0.2) is 0 Å². The molecule has 1 heterocycles. The predicted octanol–water partition coefficient (Wildman–Crippen LogP) is 3.49. The first-order valence-corrected chi connectivity index (χ1v) is 8.63. The summed E-state index contributed by atoms with van der Waals surface area (Å²) >= 11 is 0. The van der Waals surface area contributed by atoms with Crippen LogP contribution in [-0.2, 0) is 14.3 Å². The van der Waals surface area contributed by atoms with E-state index in [9.17, 15) is 9.59 Å². The first kappa shape index (κ1) is 16.9. The van der Waals surface area contributed by atoms with Gasteiger partial charge in [0.2, 0.25) is 0 Å². The topological polar surface area (TPSA) is 43.4 Å². The Balaban J connectivity index is 1.94. The molecule has 1 saturated heterocycles. The van der Waals surface area contributed by atoms with Gasteiger partial charge in [0, 0.05) is 31.6 Å². The van der Waals surface area contributed by atoms with E-state index in [1.807, 2.05) is 26.0 Å². The summed E-state index contributed by atoms with van der Waals surface area (Å²) in [6.07, 6.45) is 2.64. The molecule has 1 aliphatic heterocycles. The van der Waals surface area contributed by atoms with E-state index in [2.05, 4.69) is 11.8 Å². The molecule has 1 saturated carbocycles. The van der Waals surface area contributed by atoms with Crippen molar-refractivity contribution in [3.63, 3.8) is 0 Å². The molecule has 0 bridgehead atoms. The molecule has 1 spiro atoms. The molecule has 24 heavy (non-hydrogen) atoms. The molecule has 0 aromatic heterocycles. The van der Waals surface area contributed by atoms with Gasteiger partial charge in [-0.3, -0.25) is 9.59 Å². The summed E-state index contributed by atoms with van der Waals surface area (Å²) in [5.41, 5.74) is 3.66. The van der Waals surface area contributed by atoms with Crippen LogP contribution in [0.2, 0.25) is 0 Å². The van der Waals surface area contributed by atoms with Crippen LogP contribution >= 0.6 is 0 Å². The van der Waals surface area contributed by atoms with Crippen molar-refractivity contribution in [1.29, 1.82) is 0 Å². The zero-order chi connectivity index (χ0) is 17.3. The number of benzene rings is 1. The second-order valence-electron chi connectivity index (χ2n) is 7.23. The first-order valence-electron chi connectivity index (χ1n) is 8.63. The van der Waals surface area contributed by atoms with Crippen LogP contribution in [0.15, 0.2) is 12.1 Å². The van der Waals surface area contributed by atoms with E-state index in [1.54, 1.807) is 6.92 Å². The summed E-state index contributed by atoms with van der Waals surface area (Å²) in [7, 11) is 0. The normalized spacial score (nSPS) is 20.8. The molecule has 0 radical (unpaired) electrons. The fraction of sp³-hybridized carbons (Fsp3) is 0.524. The van der Waals surface area contributed by atoms with Gasteiger partial charge in [-0.2, -0.15) is 0 Å². The Labute approximate surface area is 143 Å². The zero-order valence-corrected chi connectivity index (χ0v) is 14.7. The Morgan fingerprint density at radius 3 is 2.08 bits per heavy atom. The van der Waals surface area contributed by atoms with E-state index in [1.165, 1.54) is 0 Å². The fourth-order valence-electron chi connectivity index (χ4n) is 4.31. The number of hydrogen-bond acceptors (Lipinski definition) is 3. The van der Waals surface area contributed by atoms with Gasteiger partial charge in [-0.1, -0.05) is 5.92 Å². The van der Waals surface area contributed by atoms with Crippen molar-refractivity contribution in [2.45, 2.75) is 52.4 Å². The zero-order valence-electron chi connectivity index (χ0n) is 14.7. The Morgan fingerprint density at radius 2 is 1.58 bits per heavy atom. The van der Waals surface area contributed by atoms with Crippen molar-refractivity contribution >= 4 is 11.6 Å². The molecule has 0 unspecified atom stereocenters. The molecule has 126 valence electrons. The van der Waals surface area contributed by atoms with Crippen LogP contribution in [0.4, 0.5) is 0 Å². The molecule has 0 N–H and O–H groups in total. The minimum absolute atomic E-state index is 0.0775. The number of aryl methyl sites for hydroxylation is 2. The fourth-order valence-corrected chi connectivity index (χ4v) is 4.31. The largest absolute Gasteiger partial charge is 0.381 e. The number of carbonyl (C=O) groups is 2. The molecule has 1 aromatic carbocycles. The standard InChI is InChI=1S/C21H24O3/c1-4-5-16-10-14(2)19(15(3)11-16)20-17(22)12-21(13-18(20)23)6-8-24-9-7-21/h10-11,20H,6-9,12-13H2,1-3H3. The van der Waals surface area contributed by atoms with Crippen LogP contribution in [0.3, 0.4) is 0 Å². The molecule has 3 heteroatoms. The molecule has 2 aliphatic rings. The summed E-state index contributed by atoms with van der Waals surface area (Å²) in [5, 5.41) is 0. The van der Waals surface area contributed by atoms with Crippen molar-refractivity contribution in [2.75, 3.05) is 13.2 Å². The molecule has 0 amide bonds. The third-order valence-electron chi connectivity index (χ3n) is 5.45. The highest BCUT2D eigenvalue weighted by atomic mass is 16.5. The molecule has 3 nitrogen and oxygen atoms in total. The lowest BCUT2D eigenvalue weighted by atomic mass is 9.63. The van der Waals surface area contributed by atoms with Crippen LogP contribution in [0.25, 0.3) is 0 Å². The van der Waals surface area contributed by atoms with Crippen LogP contribution in [-0.4, -0.2) is 24.8 Å². The molecule has 1 aliphatic carbocycles. The van der Waals surface area contributed by atoms with E-state index in [4.69, 9.17) is 4.74 Å². The Morgan fingerprint density at radius 1 is 1.04 bits per heavy atom. The Kier molecular flexibility index (Phi) is 4.60. The Bertz CT molecular complexity index is 699. The summed E-state index contributed by atoms with van der Waals surface area (Å²) in [6.45, 7) is 7.08. The predicted molar refractivity (Wildman–Crippen MR) is 92.9 cm³/mol. The Hall–Kier alpha value is -1.92. The maximum Gasteiger partial charge on any atom is 0.148 e. The summed E-state index contributed by atoms with van der Waals surface area (Å²) in [5.74, 6) is 5.51. The number of rotatable bonds is 1. The lowest BCUT2D eigenvalue weighted by Crippen LogP contribution is -2.42.